The third-order valence-electron chi connectivity index (χ3n) is 4.23. The Morgan fingerprint density at radius 2 is 1.28 bits per heavy atom. The van der Waals surface area contributed by atoms with Crippen molar-refractivity contribution in [1.29, 1.82) is 0 Å². The molecule has 32 heavy (non-hydrogen) atoms. The molecule has 13 nitrogen and oxygen atoms in total. The number of aliphatic carboxylic acids is 2. The second kappa shape index (κ2) is 15.0. The van der Waals surface area contributed by atoms with Crippen molar-refractivity contribution in [2.24, 2.45) is 11.5 Å². The Hall–Kier alpha value is -2.87. The van der Waals surface area contributed by atoms with Gasteiger partial charge in [-0.25, -0.2) is 4.79 Å². The number of hydrogen-bond acceptors (Lipinski definition) is 8. The van der Waals surface area contributed by atoms with Gasteiger partial charge in [0.15, 0.2) is 0 Å². The van der Waals surface area contributed by atoms with Gasteiger partial charge in [0.1, 0.15) is 18.1 Å². The van der Waals surface area contributed by atoms with Gasteiger partial charge in [0.25, 0.3) is 0 Å². The SMILES string of the molecule is CSCCC(NC(=O)C(CCC(=O)O)NC(=O)C(C)N)C(=O)NC(CCC(N)=O)C(=O)O. The van der Waals surface area contributed by atoms with Crippen molar-refractivity contribution in [2.75, 3.05) is 12.0 Å². The van der Waals surface area contributed by atoms with Crippen LogP contribution in [0.15, 0.2) is 0 Å². The molecular weight excluding hydrogens is 446 g/mol. The lowest BCUT2D eigenvalue weighted by Gasteiger charge is -2.24. The summed E-state index contributed by atoms with van der Waals surface area (Å²) >= 11 is 1.38. The normalized spacial score (nSPS) is 14.3. The number of carbonyl (C=O) groups excluding carboxylic acids is 4. The zero-order valence-corrected chi connectivity index (χ0v) is 18.8. The summed E-state index contributed by atoms with van der Waals surface area (Å²) in [4.78, 5) is 70.4. The minimum Gasteiger partial charge on any atom is -0.481 e. The van der Waals surface area contributed by atoms with Gasteiger partial charge in [0.05, 0.1) is 6.04 Å². The lowest BCUT2D eigenvalue weighted by atomic mass is 10.1. The maximum Gasteiger partial charge on any atom is 0.326 e. The first-order valence-electron chi connectivity index (χ1n) is 9.77. The van der Waals surface area contributed by atoms with Crippen molar-refractivity contribution in [3.8, 4) is 0 Å². The third kappa shape index (κ3) is 12.1. The van der Waals surface area contributed by atoms with E-state index in [-0.39, 0.29) is 25.7 Å². The molecule has 0 aliphatic heterocycles. The summed E-state index contributed by atoms with van der Waals surface area (Å²) in [7, 11) is 0. The van der Waals surface area contributed by atoms with E-state index in [2.05, 4.69) is 16.0 Å². The molecule has 14 heteroatoms. The molecule has 0 rings (SSSR count). The van der Waals surface area contributed by atoms with Gasteiger partial charge in [-0.3, -0.25) is 24.0 Å². The Kier molecular flexibility index (Phi) is 13.7. The minimum atomic E-state index is -1.40. The van der Waals surface area contributed by atoms with Gasteiger partial charge < -0.3 is 37.6 Å². The summed E-state index contributed by atoms with van der Waals surface area (Å²) in [5.74, 6) is -5.16. The fourth-order valence-electron chi connectivity index (χ4n) is 2.43. The highest BCUT2D eigenvalue weighted by molar-refractivity contribution is 7.98. The molecule has 0 radical (unpaired) electrons. The third-order valence-corrected chi connectivity index (χ3v) is 4.87. The fraction of sp³-hybridized carbons (Fsp3) is 0.667. The van der Waals surface area contributed by atoms with Gasteiger partial charge >= 0.3 is 11.9 Å². The Balaban J connectivity index is 5.42. The first kappa shape index (κ1) is 29.1. The van der Waals surface area contributed by atoms with Crippen LogP contribution in [0.1, 0.15) is 39.0 Å². The Morgan fingerprint density at radius 3 is 1.72 bits per heavy atom. The van der Waals surface area contributed by atoms with Gasteiger partial charge in [-0.2, -0.15) is 11.8 Å². The van der Waals surface area contributed by atoms with Crippen LogP contribution < -0.4 is 27.4 Å². The first-order chi connectivity index (χ1) is 14.9. The van der Waals surface area contributed by atoms with Gasteiger partial charge in [-0.15, -0.1) is 0 Å². The van der Waals surface area contributed by atoms with Crippen LogP contribution in [0.5, 0.6) is 0 Å². The topological polar surface area (TPSA) is 231 Å². The Morgan fingerprint density at radius 1 is 0.812 bits per heavy atom. The molecule has 4 unspecified atom stereocenters. The van der Waals surface area contributed by atoms with E-state index in [1.54, 1.807) is 6.26 Å². The van der Waals surface area contributed by atoms with Crippen LogP contribution in [-0.2, 0) is 28.8 Å². The monoisotopic (exact) mass is 477 g/mol. The summed E-state index contributed by atoms with van der Waals surface area (Å²) in [6, 6.07) is -4.78. The Bertz CT molecular complexity index is 703. The molecule has 0 spiro atoms. The van der Waals surface area contributed by atoms with Crippen molar-refractivity contribution in [3.05, 3.63) is 0 Å². The zero-order chi connectivity index (χ0) is 24.8. The molecule has 182 valence electrons. The number of hydrogen-bond donors (Lipinski definition) is 7. The second-order valence-corrected chi connectivity index (χ2v) is 8.01. The van der Waals surface area contributed by atoms with Crippen molar-refractivity contribution in [2.45, 2.75) is 63.2 Å². The van der Waals surface area contributed by atoms with E-state index in [9.17, 15) is 33.9 Å². The number of carboxylic acids is 2. The van der Waals surface area contributed by atoms with E-state index in [0.29, 0.717) is 5.75 Å². The molecular formula is C18H31N5O8S. The molecule has 0 aromatic rings. The lowest BCUT2D eigenvalue weighted by molar-refractivity contribution is -0.142. The molecule has 9 N–H and O–H groups in total. The summed E-state index contributed by atoms with van der Waals surface area (Å²) in [5, 5.41) is 25.2. The van der Waals surface area contributed by atoms with Gasteiger partial charge in [-0.1, -0.05) is 0 Å². The average Bonchev–Trinajstić information content (AvgIpc) is 2.69. The Labute approximate surface area is 189 Å². The largest absolute Gasteiger partial charge is 0.481 e. The highest BCUT2D eigenvalue weighted by atomic mass is 32.2. The highest BCUT2D eigenvalue weighted by Crippen LogP contribution is 2.06. The van der Waals surface area contributed by atoms with Crippen molar-refractivity contribution < 1.29 is 39.0 Å². The average molecular weight is 478 g/mol. The van der Waals surface area contributed by atoms with E-state index in [0.717, 1.165) is 0 Å². The first-order valence-corrected chi connectivity index (χ1v) is 11.2. The fourth-order valence-corrected chi connectivity index (χ4v) is 2.90. The number of nitrogens with two attached hydrogens (primary N) is 2. The standard InChI is InChI=1S/C18H31N5O8S/c1-9(19)15(27)21-10(4-6-14(25)26)16(28)22-11(7-8-32-2)17(29)23-12(18(30)31)3-5-13(20)24/h9-12H,3-8,19H2,1-2H3,(H2,20,24)(H,21,27)(H,22,28)(H,23,29)(H,25,26)(H,30,31). The highest BCUT2D eigenvalue weighted by Gasteiger charge is 2.30. The predicted octanol–water partition coefficient (Wildman–Crippen LogP) is -2.24. The van der Waals surface area contributed by atoms with Crippen molar-refractivity contribution >= 4 is 47.3 Å². The molecule has 0 bridgehead atoms. The zero-order valence-electron chi connectivity index (χ0n) is 18.0. The summed E-state index contributed by atoms with van der Waals surface area (Å²) in [5.41, 5.74) is 10.5. The molecule has 0 fully saturated rings. The predicted molar refractivity (Wildman–Crippen MR) is 115 cm³/mol. The molecule has 0 aromatic heterocycles. The van der Waals surface area contributed by atoms with E-state index >= 15 is 0 Å². The number of nitrogens with one attached hydrogen (secondary N) is 3. The molecule has 0 aromatic carbocycles. The van der Waals surface area contributed by atoms with Crippen LogP contribution in [0.4, 0.5) is 0 Å². The molecule has 0 saturated heterocycles. The van der Waals surface area contributed by atoms with Gasteiger partial charge in [-0.05, 0) is 38.2 Å². The molecule has 0 heterocycles. The summed E-state index contributed by atoms with van der Waals surface area (Å²) in [6.07, 6.45) is 0.737. The maximum absolute atomic E-state index is 12.7. The van der Waals surface area contributed by atoms with Crippen LogP contribution in [0.2, 0.25) is 0 Å². The van der Waals surface area contributed by atoms with E-state index < -0.39 is 66.2 Å². The number of carboxylic acid groups (broad SMARTS) is 2. The summed E-state index contributed by atoms with van der Waals surface area (Å²) < 4.78 is 0. The quantitative estimate of drug-likeness (QED) is 0.126. The van der Waals surface area contributed by atoms with Crippen LogP contribution in [-0.4, -0.2) is 82.0 Å². The number of rotatable bonds is 16. The van der Waals surface area contributed by atoms with Crippen LogP contribution in [0, 0.1) is 0 Å². The molecule has 0 saturated carbocycles. The van der Waals surface area contributed by atoms with Crippen molar-refractivity contribution in [3.63, 3.8) is 0 Å². The number of primary amides is 1. The van der Waals surface area contributed by atoms with Crippen LogP contribution >= 0.6 is 11.8 Å². The van der Waals surface area contributed by atoms with E-state index in [1.807, 2.05) is 0 Å². The molecule has 0 aliphatic rings. The minimum absolute atomic E-state index is 0.133. The lowest BCUT2D eigenvalue weighted by Crippen LogP contribution is -2.57. The molecule has 4 atom stereocenters. The van der Waals surface area contributed by atoms with E-state index in [1.165, 1.54) is 18.7 Å². The maximum atomic E-state index is 12.7. The van der Waals surface area contributed by atoms with Gasteiger partial charge in [0.2, 0.25) is 23.6 Å². The molecule has 0 aliphatic carbocycles. The summed E-state index contributed by atoms with van der Waals surface area (Å²) in [6.45, 7) is 1.38. The van der Waals surface area contributed by atoms with E-state index in [4.69, 9.17) is 16.6 Å². The van der Waals surface area contributed by atoms with Crippen molar-refractivity contribution in [1.82, 2.24) is 16.0 Å². The van der Waals surface area contributed by atoms with Crippen LogP contribution in [0.3, 0.4) is 0 Å². The second-order valence-electron chi connectivity index (χ2n) is 7.03. The number of amides is 4. The van der Waals surface area contributed by atoms with Gasteiger partial charge in [0, 0.05) is 12.8 Å². The van der Waals surface area contributed by atoms with Crippen LogP contribution in [0.25, 0.3) is 0 Å². The molecule has 4 amide bonds. The number of carbonyl (C=O) groups is 6. The smallest absolute Gasteiger partial charge is 0.326 e. The number of thioether (sulfide) groups is 1.